The molecule has 0 spiro atoms. The number of carbonyl (C=O) groups is 2. The Morgan fingerprint density at radius 3 is 2.46 bits per heavy atom. The van der Waals surface area contributed by atoms with Crippen molar-refractivity contribution >= 4 is 17.5 Å². The molecule has 0 atom stereocenters. The molecule has 2 amide bonds. The topological polar surface area (TPSA) is 83.6 Å². The summed E-state index contributed by atoms with van der Waals surface area (Å²) in [7, 11) is 0. The largest absolute Gasteiger partial charge is 0.379 e. The molecule has 3 rings (SSSR count). The molecule has 7 heteroatoms. The third-order valence-electron chi connectivity index (χ3n) is 4.11. The monoisotopic (exact) mass is 354 g/mol. The maximum Gasteiger partial charge on any atom is 0.257 e. The first kappa shape index (κ1) is 18.0. The zero-order valence-electron chi connectivity index (χ0n) is 14.5. The van der Waals surface area contributed by atoms with Gasteiger partial charge < -0.3 is 15.4 Å². The lowest BCUT2D eigenvalue weighted by atomic mass is 10.2. The molecule has 1 aromatic heterocycles. The highest BCUT2D eigenvalue weighted by molar-refractivity contribution is 6.05. The summed E-state index contributed by atoms with van der Waals surface area (Å²) >= 11 is 0. The molecule has 7 nitrogen and oxygen atoms in total. The number of morpholine rings is 1. The van der Waals surface area contributed by atoms with E-state index in [1.165, 1.54) is 12.4 Å². The fourth-order valence-corrected chi connectivity index (χ4v) is 2.67. The molecular formula is C19H22N4O3. The molecule has 0 unspecified atom stereocenters. The predicted octanol–water partition coefficient (Wildman–Crippen LogP) is 1.40. The van der Waals surface area contributed by atoms with E-state index in [2.05, 4.69) is 20.5 Å². The second kappa shape index (κ2) is 9.07. The Labute approximate surface area is 152 Å². The van der Waals surface area contributed by atoms with Gasteiger partial charge in [0.05, 0.1) is 24.3 Å². The molecular weight excluding hydrogens is 332 g/mol. The number of hydrogen-bond donors (Lipinski definition) is 2. The van der Waals surface area contributed by atoms with Crippen LogP contribution in [-0.4, -0.2) is 61.1 Å². The van der Waals surface area contributed by atoms with Crippen LogP contribution in [0.4, 0.5) is 5.69 Å². The van der Waals surface area contributed by atoms with Crippen molar-refractivity contribution in [3.05, 3.63) is 59.9 Å². The Morgan fingerprint density at radius 2 is 1.73 bits per heavy atom. The van der Waals surface area contributed by atoms with E-state index in [0.717, 1.165) is 32.8 Å². The number of ether oxygens (including phenoxy) is 1. The fourth-order valence-electron chi connectivity index (χ4n) is 2.67. The van der Waals surface area contributed by atoms with E-state index in [9.17, 15) is 9.59 Å². The van der Waals surface area contributed by atoms with E-state index in [1.807, 2.05) is 18.2 Å². The van der Waals surface area contributed by atoms with Crippen LogP contribution in [0, 0.1) is 0 Å². The normalized spacial score (nSPS) is 14.6. The summed E-state index contributed by atoms with van der Waals surface area (Å²) in [4.78, 5) is 30.9. The molecule has 1 aromatic carbocycles. The van der Waals surface area contributed by atoms with Crippen molar-refractivity contribution in [1.82, 2.24) is 15.2 Å². The minimum atomic E-state index is -0.299. The highest BCUT2D eigenvalue weighted by Gasteiger charge is 2.13. The Hall–Kier alpha value is -2.77. The van der Waals surface area contributed by atoms with Crippen molar-refractivity contribution in [2.75, 3.05) is 44.7 Å². The van der Waals surface area contributed by atoms with E-state index in [4.69, 9.17) is 4.74 Å². The molecule has 0 bridgehead atoms. The smallest absolute Gasteiger partial charge is 0.257 e. The van der Waals surface area contributed by atoms with E-state index in [0.29, 0.717) is 23.4 Å². The number of carbonyl (C=O) groups excluding carboxylic acids is 2. The van der Waals surface area contributed by atoms with Gasteiger partial charge in [0.1, 0.15) is 0 Å². The van der Waals surface area contributed by atoms with E-state index >= 15 is 0 Å². The molecule has 1 fully saturated rings. The maximum atomic E-state index is 12.3. The predicted molar refractivity (Wildman–Crippen MR) is 98.2 cm³/mol. The van der Waals surface area contributed by atoms with Crippen molar-refractivity contribution in [3.8, 4) is 0 Å². The molecule has 136 valence electrons. The first-order chi connectivity index (χ1) is 12.7. The summed E-state index contributed by atoms with van der Waals surface area (Å²) in [5.74, 6) is -0.535. The Bertz CT molecular complexity index is 745. The van der Waals surface area contributed by atoms with Crippen LogP contribution in [0.3, 0.4) is 0 Å². The SMILES string of the molecule is O=C(NCCN1CCOCC1)c1cncc(C(=O)Nc2ccccc2)c1. The number of benzene rings is 1. The van der Waals surface area contributed by atoms with E-state index in [1.54, 1.807) is 18.2 Å². The van der Waals surface area contributed by atoms with Gasteiger partial charge >= 0.3 is 0 Å². The quantitative estimate of drug-likeness (QED) is 0.819. The van der Waals surface area contributed by atoms with Gasteiger partial charge in [0.15, 0.2) is 0 Å². The number of nitrogens with one attached hydrogen (secondary N) is 2. The number of para-hydroxylation sites is 1. The zero-order chi connectivity index (χ0) is 18.2. The van der Waals surface area contributed by atoms with Crippen LogP contribution in [0.1, 0.15) is 20.7 Å². The maximum absolute atomic E-state index is 12.3. The van der Waals surface area contributed by atoms with Gasteiger partial charge in [0.25, 0.3) is 11.8 Å². The second-order valence-electron chi connectivity index (χ2n) is 5.99. The molecule has 1 aliphatic heterocycles. The van der Waals surface area contributed by atoms with Crippen molar-refractivity contribution in [2.45, 2.75) is 0 Å². The van der Waals surface area contributed by atoms with Crippen molar-refractivity contribution < 1.29 is 14.3 Å². The lowest BCUT2D eigenvalue weighted by Crippen LogP contribution is -2.41. The summed E-state index contributed by atoms with van der Waals surface area (Å²) in [6.45, 7) is 4.54. The van der Waals surface area contributed by atoms with Gasteiger partial charge in [-0.1, -0.05) is 18.2 Å². The highest BCUT2D eigenvalue weighted by atomic mass is 16.5. The van der Waals surface area contributed by atoms with E-state index < -0.39 is 0 Å². The lowest BCUT2D eigenvalue weighted by molar-refractivity contribution is 0.0383. The minimum absolute atomic E-state index is 0.236. The van der Waals surface area contributed by atoms with Crippen LogP contribution in [-0.2, 0) is 4.74 Å². The third-order valence-corrected chi connectivity index (χ3v) is 4.11. The molecule has 2 N–H and O–H groups in total. The molecule has 0 aliphatic carbocycles. The molecule has 2 heterocycles. The van der Waals surface area contributed by atoms with Gasteiger partial charge in [-0.25, -0.2) is 0 Å². The number of hydrogen-bond acceptors (Lipinski definition) is 5. The van der Waals surface area contributed by atoms with Crippen LogP contribution in [0.25, 0.3) is 0 Å². The van der Waals surface area contributed by atoms with Gasteiger partial charge in [-0.05, 0) is 18.2 Å². The number of pyridine rings is 1. The number of amides is 2. The van der Waals surface area contributed by atoms with E-state index in [-0.39, 0.29) is 11.8 Å². The minimum Gasteiger partial charge on any atom is -0.379 e. The van der Waals surface area contributed by atoms with Crippen LogP contribution in [0.2, 0.25) is 0 Å². The summed E-state index contributed by atoms with van der Waals surface area (Å²) < 4.78 is 5.30. The van der Waals surface area contributed by atoms with Crippen molar-refractivity contribution in [3.63, 3.8) is 0 Å². The van der Waals surface area contributed by atoms with Crippen LogP contribution in [0.5, 0.6) is 0 Å². The van der Waals surface area contributed by atoms with Gasteiger partial charge in [-0.2, -0.15) is 0 Å². The second-order valence-corrected chi connectivity index (χ2v) is 5.99. The summed E-state index contributed by atoms with van der Waals surface area (Å²) in [5, 5.41) is 5.65. The Balaban J connectivity index is 1.54. The molecule has 0 radical (unpaired) electrons. The fraction of sp³-hybridized carbons (Fsp3) is 0.316. The van der Waals surface area contributed by atoms with Crippen molar-refractivity contribution in [1.29, 1.82) is 0 Å². The van der Waals surface area contributed by atoms with Gasteiger partial charge in [-0.3, -0.25) is 19.5 Å². The van der Waals surface area contributed by atoms with Gasteiger partial charge in [0, 0.05) is 44.3 Å². The zero-order valence-corrected chi connectivity index (χ0v) is 14.5. The third kappa shape index (κ3) is 5.11. The summed E-state index contributed by atoms with van der Waals surface area (Å²) in [6, 6.07) is 10.7. The van der Waals surface area contributed by atoms with Gasteiger partial charge in [0.2, 0.25) is 0 Å². The lowest BCUT2D eigenvalue weighted by Gasteiger charge is -2.26. The number of aromatic nitrogens is 1. The number of nitrogens with zero attached hydrogens (tertiary/aromatic N) is 2. The highest BCUT2D eigenvalue weighted by Crippen LogP contribution is 2.09. The number of anilines is 1. The average molecular weight is 354 g/mol. The van der Waals surface area contributed by atoms with Crippen molar-refractivity contribution in [2.24, 2.45) is 0 Å². The first-order valence-corrected chi connectivity index (χ1v) is 8.62. The molecule has 0 saturated carbocycles. The summed E-state index contributed by atoms with van der Waals surface area (Å²) in [6.07, 6.45) is 2.91. The van der Waals surface area contributed by atoms with Gasteiger partial charge in [-0.15, -0.1) is 0 Å². The van der Waals surface area contributed by atoms with Crippen LogP contribution in [0.15, 0.2) is 48.8 Å². The Morgan fingerprint density at radius 1 is 1.04 bits per heavy atom. The average Bonchev–Trinajstić information content (AvgIpc) is 2.69. The molecule has 1 aliphatic rings. The molecule has 2 aromatic rings. The van der Waals surface area contributed by atoms with Crippen LogP contribution < -0.4 is 10.6 Å². The molecule has 26 heavy (non-hydrogen) atoms. The molecule has 1 saturated heterocycles. The summed E-state index contributed by atoms with van der Waals surface area (Å²) in [5.41, 5.74) is 1.40. The first-order valence-electron chi connectivity index (χ1n) is 8.62. The number of rotatable bonds is 6. The van der Waals surface area contributed by atoms with Crippen LogP contribution >= 0.6 is 0 Å². The standard InChI is InChI=1S/C19H22N4O3/c24-18(21-6-7-23-8-10-26-11-9-23)15-12-16(14-20-13-15)19(25)22-17-4-2-1-3-5-17/h1-5,12-14H,6-11H2,(H,21,24)(H,22,25). The Kier molecular flexibility index (Phi) is 6.29.